The molecule has 2 aromatic rings. The first-order chi connectivity index (χ1) is 14.8. The van der Waals surface area contributed by atoms with Crippen molar-refractivity contribution in [2.45, 2.75) is 19.8 Å². The van der Waals surface area contributed by atoms with Crippen molar-refractivity contribution in [3.63, 3.8) is 0 Å². The predicted molar refractivity (Wildman–Crippen MR) is 136 cm³/mol. The van der Waals surface area contributed by atoms with Gasteiger partial charge in [0.15, 0.2) is 5.96 Å². The average Bonchev–Trinajstić information content (AvgIpc) is 3.25. The molecule has 0 spiro atoms. The van der Waals surface area contributed by atoms with Crippen LogP contribution in [0.1, 0.15) is 19.8 Å². The lowest BCUT2D eigenvalue weighted by Gasteiger charge is -2.24. The molecule has 2 aromatic carbocycles. The van der Waals surface area contributed by atoms with Gasteiger partial charge in [0, 0.05) is 30.7 Å². The maximum atomic E-state index is 9.39. The number of nitrogens with one attached hydrogen (secondary N) is 2. The van der Waals surface area contributed by atoms with Crippen molar-refractivity contribution < 1.29 is 14.6 Å². The minimum Gasteiger partial charge on any atom is -0.491 e. The number of hydrogen-bond donors (Lipinski definition) is 3. The molecule has 0 aliphatic carbocycles. The highest BCUT2D eigenvalue weighted by Gasteiger charge is 2.34. The second-order valence-corrected chi connectivity index (χ2v) is 7.61. The molecular weight excluding hydrogens is 505 g/mol. The maximum Gasteiger partial charge on any atom is 0.191 e. The van der Waals surface area contributed by atoms with E-state index in [1.807, 2.05) is 43.3 Å². The van der Waals surface area contributed by atoms with E-state index in [1.165, 1.54) is 0 Å². The van der Waals surface area contributed by atoms with Crippen molar-refractivity contribution in [2.75, 3.05) is 46.1 Å². The number of para-hydroxylation sites is 1. The van der Waals surface area contributed by atoms with E-state index in [2.05, 4.69) is 28.8 Å². The van der Waals surface area contributed by atoms with Crippen LogP contribution in [-0.2, 0) is 4.74 Å². The van der Waals surface area contributed by atoms with E-state index in [4.69, 9.17) is 14.5 Å². The van der Waals surface area contributed by atoms with Crippen molar-refractivity contribution >= 4 is 29.9 Å². The van der Waals surface area contributed by atoms with Gasteiger partial charge in [0.05, 0.1) is 19.7 Å². The van der Waals surface area contributed by atoms with Crippen molar-refractivity contribution in [3.05, 3.63) is 54.6 Å². The summed E-state index contributed by atoms with van der Waals surface area (Å²) in [7, 11) is 0. The van der Waals surface area contributed by atoms with Crippen LogP contribution in [0, 0.1) is 5.41 Å². The van der Waals surface area contributed by atoms with E-state index >= 15 is 0 Å². The Hall–Kier alpha value is -1.84. The number of halogens is 1. The van der Waals surface area contributed by atoms with Gasteiger partial charge >= 0.3 is 0 Å². The number of hydrogen-bond acceptors (Lipinski definition) is 4. The van der Waals surface area contributed by atoms with Gasteiger partial charge in [-0.2, -0.15) is 0 Å². The fourth-order valence-corrected chi connectivity index (χ4v) is 3.66. The normalized spacial score (nSPS) is 18.3. The largest absolute Gasteiger partial charge is 0.491 e. The van der Waals surface area contributed by atoms with Gasteiger partial charge in [0.25, 0.3) is 0 Å². The minimum atomic E-state index is -0.0533. The highest BCUT2D eigenvalue weighted by atomic mass is 127. The lowest BCUT2D eigenvalue weighted by Crippen LogP contribution is -2.40. The van der Waals surface area contributed by atoms with Crippen molar-refractivity contribution in [3.8, 4) is 16.9 Å². The molecule has 3 rings (SSSR count). The molecule has 7 heteroatoms. The summed E-state index contributed by atoms with van der Waals surface area (Å²) in [5, 5.41) is 16.0. The van der Waals surface area contributed by atoms with Crippen LogP contribution in [0.25, 0.3) is 11.1 Å². The number of aliphatic hydroxyl groups is 1. The zero-order valence-electron chi connectivity index (χ0n) is 18.2. The first kappa shape index (κ1) is 25.4. The van der Waals surface area contributed by atoms with Crippen LogP contribution in [0.2, 0.25) is 0 Å². The summed E-state index contributed by atoms with van der Waals surface area (Å²) >= 11 is 0. The standard InChI is InChI=1S/C24H33N3O3.HI/c1-2-25-23(27-18-24(12-15-28)13-16-29-19-24)26-14-17-30-22-11-7-6-10-21(22)20-8-4-3-5-9-20;/h3-11,28H,2,12-19H2,1H3,(H2,25,26,27);1H. The van der Waals surface area contributed by atoms with Crippen molar-refractivity contribution in [1.82, 2.24) is 10.6 Å². The topological polar surface area (TPSA) is 75.1 Å². The van der Waals surface area contributed by atoms with E-state index in [-0.39, 0.29) is 36.0 Å². The molecule has 1 atom stereocenters. The maximum absolute atomic E-state index is 9.39. The third-order valence-electron chi connectivity index (χ3n) is 5.37. The summed E-state index contributed by atoms with van der Waals surface area (Å²) in [6, 6.07) is 18.4. The smallest absolute Gasteiger partial charge is 0.191 e. The van der Waals surface area contributed by atoms with E-state index in [0.717, 1.165) is 48.8 Å². The Morgan fingerprint density at radius 2 is 1.90 bits per heavy atom. The van der Waals surface area contributed by atoms with E-state index in [9.17, 15) is 5.11 Å². The molecule has 1 unspecified atom stereocenters. The van der Waals surface area contributed by atoms with Gasteiger partial charge in [0.2, 0.25) is 0 Å². The molecule has 31 heavy (non-hydrogen) atoms. The lowest BCUT2D eigenvalue weighted by atomic mass is 9.84. The number of aliphatic hydroxyl groups excluding tert-OH is 1. The Labute approximate surface area is 202 Å². The van der Waals surface area contributed by atoms with Gasteiger partial charge in [0.1, 0.15) is 12.4 Å². The van der Waals surface area contributed by atoms with Crippen LogP contribution >= 0.6 is 24.0 Å². The third-order valence-corrected chi connectivity index (χ3v) is 5.37. The number of guanidine groups is 1. The van der Waals surface area contributed by atoms with Gasteiger partial charge < -0.3 is 25.2 Å². The summed E-state index contributed by atoms with van der Waals surface area (Å²) in [6.07, 6.45) is 1.66. The number of aliphatic imine (C=N–C) groups is 1. The Balaban J connectivity index is 0.00000341. The van der Waals surface area contributed by atoms with Crippen LogP contribution in [-0.4, -0.2) is 57.1 Å². The first-order valence-corrected chi connectivity index (χ1v) is 10.7. The van der Waals surface area contributed by atoms with Gasteiger partial charge in [-0.15, -0.1) is 24.0 Å². The summed E-state index contributed by atoms with van der Waals surface area (Å²) in [6.45, 7) is 6.21. The molecule has 170 valence electrons. The minimum absolute atomic E-state index is 0. The monoisotopic (exact) mass is 539 g/mol. The molecule has 1 saturated heterocycles. The molecule has 1 heterocycles. The van der Waals surface area contributed by atoms with Gasteiger partial charge in [-0.3, -0.25) is 4.99 Å². The zero-order valence-corrected chi connectivity index (χ0v) is 20.5. The van der Waals surface area contributed by atoms with Crippen molar-refractivity contribution in [1.29, 1.82) is 0 Å². The Bertz CT molecular complexity index is 796. The third kappa shape index (κ3) is 7.66. The fraction of sp³-hybridized carbons (Fsp3) is 0.458. The van der Waals surface area contributed by atoms with Crippen LogP contribution in [0.15, 0.2) is 59.6 Å². The molecule has 1 fully saturated rings. The van der Waals surface area contributed by atoms with Gasteiger partial charge in [-0.05, 0) is 31.4 Å². The molecular formula is C24H34IN3O3. The second-order valence-electron chi connectivity index (χ2n) is 7.61. The summed E-state index contributed by atoms with van der Waals surface area (Å²) < 4.78 is 11.6. The lowest BCUT2D eigenvalue weighted by molar-refractivity contribution is 0.131. The second kappa shape index (κ2) is 13.5. The molecule has 6 nitrogen and oxygen atoms in total. The van der Waals surface area contributed by atoms with Gasteiger partial charge in [-0.25, -0.2) is 0 Å². The Kier molecular flexibility index (Phi) is 11.1. The van der Waals surface area contributed by atoms with Crippen LogP contribution in [0.5, 0.6) is 5.75 Å². The molecule has 0 radical (unpaired) electrons. The number of rotatable bonds is 10. The Morgan fingerprint density at radius 3 is 2.61 bits per heavy atom. The van der Waals surface area contributed by atoms with E-state index in [1.54, 1.807) is 0 Å². The molecule has 3 N–H and O–H groups in total. The molecule has 1 aliphatic rings. The number of benzene rings is 2. The van der Waals surface area contributed by atoms with Crippen molar-refractivity contribution in [2.24, 2.45) is 10.4 Å². The van der Waals surface area contributed by atoms with E-state index < -0.39 is 0 Å². The molecule has 0 bridgehead atoms. The van der Waals surface area contributed by atoms with Crippen LogP contribution in [0.3, 0.4) is 0 Å². The highest BCUT2D eigenvalue weighted by molar-refractivity contribution is 14.0. The summed E-state index contributed by atoms with van der Waals surface area (Å²) in [5.41, 5.74) is 2.18. The van der Waals surface area contributed by atoms with Crippen LogP contribution < -0.4 is 15.4 Å². The first-order valence-electron chi connectivity index (χ1n) is 10.7. The SMILES string of the molecule is CCNC(=NCC1(CCO)CCOC1)NCCOc1ccccc1-c1ccccc1.I. The van der Waals surface area contributed by atoms with E-state index in [0.29, 0.717) is 26.3 Å². The summed E-state index contributed by atoms with van der Waals surface area (Å²) in [4.78, 5) is 4.74. The van der Waals surface area contributed by atoms with Gasteiger partial charge in [-0.1, -0.05) is 48.5 Å². The Morgan fingerprint density at radius 1 is 1.13 bits per heavy atom. The fourth-order valence-electron chi connectivity index (χ4n) is 3.66. The number of nitrogens with zero attached hydrogens (tertiary/aromatic N) is 1. The quantitative estimate of drug-likeness (QED) is 0.186. The molecule has 0 amide bonds. The average molecular weight is 539 g/mol. The number of ether oxygens (including phenoxy) is 2. The molecule has 0 aromatic heterocycles. The van der Waals surface area contributed by atoms with Crippen LogP contribution in [0.4, 0.5) is 0 Å². The highest BCUT2D eigenvalue weighted by Crippen LogP contribution is 2.32. The summed E-state index contributed by atoms with van der Waals surface area (Å²) in [5.74, 6) is 1.64. The molecule has 0 saturated carbocycles. The predicted octanol–water partition coefficient (Wildman–Crippen LogP) is 3.69. The molecule has 1 aliphatic heterocycles. The zero-order chi connectivity index (χ0) is 21.1.